The van der Waals surface area contributed by atoms with E-state index in [-0.39, 0.29) is 17.6 Å². The molecule has 0 N–H and O–H groups in total. The largest absolute Gasteiger partial charge is 0.382 e. The second kappa shape index (κ2) is 5.89. The molecule has 1 amide bonds. The molecule has 0 bridgehead atoms. The number of aromatic nitrogens is 1. The second-order valence-electron chi connectivity index (χ2n) is 5.78. The first-order valence-electron chi connectivity index (χ1n) is 6.80. The highest BCUT2D eigenvalue weighted by Gasteiger charge is 2.36. The first-order valence-corrected chi connectivity index (χ1v) is 6.80. The first kappa shape index (κ1) is 14.9. The third-order valence-electron chi connectivity index (χ3n) is 3.36. The summed E-state index contributed by atoms with van der Waals surface area (Å²) >= 11 is 0. The molecule has 20 heavy (non-hydrogen) atoms. The maximum absolute atomic E-state index is 12.6. The molecule has 5 nitrogen and oxygen atoms in total. The molecule has 0 aromatic carbocycles. The zero-order valence-electron chi connectivity index (χ0n) is 12.5. The summed E-state index contributed by atoms with van der Waals surface area (Å²) < 4.78 is 11.1. The maximum Gasteiger partial charge on any atom is 0.255 e. The first-order chi connectivity index (χ1) is 9.43. The van der Waals surface area contributed by atoms with Gasteiger partial charge in [-0.1, -0.05) is 0 Å². The number of rotatable bonds is 3. The highest BCUT2D eigenvalue weighted by molar-refractivity contribution is 5.95. The van der Waals surface area contributed by atoms with E-state index in [2.05, 4.69) is 4.98 Å². The molecular weight excluding hydrogens is 256 g/mol. The third kappa shape index (κ3) is 3.35. The Morgan fingerprint density at radius 2 is 2.35 bits per heavy atom. The standard InChI is InChI=1S/C15H22N2O3/c1-11-13(6-5-7-16-11)14(18)17-8-12(9-19-4)20-15(2,3)10-17/h5-7,12H,8-10H2,1-4H3/t12-/m1/s1. The van der Waals surface area contributed by atoms with Gasteiger partial charge in [0.25, 0.3) is 5.91 Å². The Hall–Kier alpha value is -1.46. The molecule has 1 aromatic rings. The molecule has 0 radical (unpaired) electrons. The summed E-state index contributed by atoms with van der Waals surface area (Å²) in [6.45, 7) is 7.44. The number of carbonyl (C=O) groups excluding carboxylic acids is 1. The third-order valence-corrected chi connectivity index (χ3v) is 3.36. The Balaban J connectivity index is 2.18. The molecule has 0 spiro atoms. The minimum atomic E-state index is -0.368. The lowest BCUT2D eigenvalue weighted by Crippen LogP contribution is -2.55. The van der Waals surface area contributed by atoms with Crippen molar-refractivity contribution in [2.45, 2.75) is 32.5 Å². The summed E-state index contributed by atoms with van der Waals surface area (Å²) in [6, 6.07) is 3.61. The average molecular weight is 278 g/mol. The van der Waals surface area contributed by atoms with Crippen molar-refractivity contribution in [2.75, 3.05) is 26.8 Å². The van der Waals surface area contributed by atoms with Crippen LogP contribution in [0.1, 0.15) is 29.9 Å². The second-order valence-corrected chi connectivity index (χ2v) is 5.78. The van der Waals surface area contributed by atoms with Crippen LogP contribution >= 0.6 is 0 Å². The molecule has 0 saturated carbocycles. The highest BCUT2D eigenvalue weighted by Crippen LogP contribution is 2.23. The van der Waals surface area contributed by atoms with Crippen LogP contribution in [0.3, 0.4) is 0 Å². The Morgan fingerprint density at radius 1 is 1.60 bits per heavy atom. The van der Waals surface area contributed by atoms with Crippen LogP contribution in [0.25, 0.3) is 0 Å². The van der Waals surface area contributed by atoms with Crippen LogP contribution < -0.4 is 0 Å². The smallest absolute Gasteiger partial charge is 0.255 e. The zero-order chi connectivity index (χ0) is 14.8. The molecule has 110 valence electrons. The molecule has 0 unspecified atom stereocenters. The van der Waals surface area contributed by atoms with E-state index in [1.165, 1.54) is 0 Å². The van der Waals surface area contributed by atoms with Gasteiger partial charge in [0.2, 0.25) is 0 Å². The van der Waals surface area contributed by atoms with Crippen molar-refractivity contribution in [3.8, 4) is 0 Å². The molecule has 1 fully saturated rings. The number of pyridine rings is 1. The van der Waals surface area contributed by atoms with E-state index < -0.39 is 0 Å². The number of amides is 1. The molecule has 1 aromatic heterocycles. The van der Waals surface area contributed by atoms with Gasteiger partial charge in [0.05, 0.1) is 23.9 Å². The zero-order valence-corrected chi connectivity index (χ0v) is 12.5. The molecule has 2 rings (SSSR count). The van der Waals surface area contributed by atoms with Crippen LogP contribution in [0.5, 0.6) is 0 Å². The Morgan fingerprint density at radius 3 is 3.00 bits per heavy atom. The Labute approximate surface area is 119 Å². The van der Waals surface area contributed by atoms with E-state index in [1.54, 1.807) is 19.4 Å². The lowest BCUT2D eigenvalue weighted by Gasteiger charge is -2.42. The number of methoxy groups -OCH3 is 1. The van der Waals surface area contributed by atoms with Gasteiger partial charge in [-0.25, -0.2) is 0 Å². The van der Waals surface area contributed by atoms with E-state index in [0.717, 1.165) is 5.69 Å². The average Bonchev–Trinajstić information content (AvgIpc) is 2.37. The van der Waals surface area contributed by atoms with Gasteiger partial charge in [-0.05, 0) is 32.9 Å². The Kier molecular flexibility index (Phi) is 4.40. The Bertz CT molecular complexity index is 488. The van der Waals surface area contributed by atoms with E-state index in [9.17, 15) is 4.79 Å². The summed E-state index contributed by atoms with van der Waals surface area (Å²) in [7, 11) is 1.64. The molecule has 1 aliphatic heterocycles. The van der Waals surface area contributed by atoms with Gasteiger partial charge in [0.1, 0.15) is 0 Å². The number of nitrogens with zero attached hydrogens (tertiary/aromatic N) is 2. The van der Waals surface area contributed by atoms with Crippen LogP contribution in [-0.4, -0.2) is 54.3 Å². The normalized spacial score (nSPS) is 21.8. The van der Waals surface area contributed by atoms with Gasteiger partial charge in [-0.3, -0.25) is 9.78 Å². The summed E-state index contributed by atoms with van der Waals surface area (Å²) in [5.41, 5.74) is 1.04. The summed E-state index contributed by atoms with van der Waals surface area (Å²) in [5.74, 6) is 0.00748. The van der Waals surface area contributed by atoms with E-state index >= 15 is 0 Å². The molecule has 1 atom stereocenters. The summed E-state index contributed by atoms with van der Waals surface area (Å²) in [5, 5.41) is 0. The van der Waals surface area contributed by atoms with Gasteiger partial charge >= 0.3 is 0 Å². The van der Waals surface area contributed by atoms with Crippen molar-refractivity contribution in [2.24, 2.45) is 0 Å². The van der Waals surface area contributed by atoms with Gasteiger partial charge in [-0.2, -0.15) is 0 Å². The predicted octanol–water partition coefficient (Wildman–Crippen LogP) is 1.66. The number of aryl methyl sites for hydroxylation is 1. The number of hydrogen-bond donors (Lipinski definition) is 0. The van der Waals surface area contributed by atoms with Crippen LogP contribution in [0.4, 0.5) is 0 Å². The number of carbonyl (C=O) groups is 1. The fourth-order valence-electron chi connectivity index (χ4n) is 2.60. The van der Waals surface area contributed by atoms with Crippen LogP contribution in [0.2, 0.25) is 0 Å². The fourth-order valence-corrected chi connectivity index (χ4v) is 2.60. The van der Waals surface area contributed by atoms with E-state index in [4.69, 9.17) is 9.47 Å². The minimum Gasteiger partial charge on any atom is -0.382 e. The van der Waals surface area contributed by atoms with Crippen molar-refractivity contribution >= 4 is 5.91 Å². The van der Waals surface area contributed by atoms with Gasteiger partial charge in [-0.15, -0.1) is 0 Å². The molecular formula is C15H22N2O3. The topological polar surface area (TPSA) is 51.7 Å². The van der Waals surface area contributed by atoms with Crippen molar-refractivity contribution in [3.05, 3.63) is 29.6 Å². The molecule has 2 heterocycles. The lowest BCUT2D eigenvalue weighted by molar-refractivity contribution is -0.143. The number of ether oxygens (including phenoxy) is 2. The molecule has 1 aliphatic rings. The number of morpholine rings is 1. The summed E-state index contributed by atoms with van der Waals surface area (Å²) in [6.07, 6.45) is 1.60. The lowest BCUT2D eigenvalue weighted by atomic mass is 10.0. The molecule has 0 aliphatic carbocycles. The monoisotopic (exact) mass is 278 g/mol. The van der Waals surface area contributed by atoms with Gasteiger partial charge < -0.3 is 14.4 Å². The quantitative estimate of drug-likeness (QED) is 0.843. The van der Waals surface area contributed by atoms with Gasteiger partial charge in [0, 0.05) is 32.1 Å². The summed E-state index contributed by atoms with van der Waals surface area (Å²) in [4.78, 5) is 18.7. The SMILES string of the molecule is COC[C@H]1CN(C(=O)c2cccnc2C)CC(C)(C)O1. The van der Waals surface area contributed by atoms with Crippen molar-refractivity contribution in [1.29, 1.82) is 0 Å². The minimum absolute atomic E-state index is 0.00748. The van der Waals surface area contributed by atoms with E-state index in [1.807, 2.05) is 31.7 Å². The van der Waals surface area contributed by atoms with Crippen LogP contribution in [0.15, 0.2) is 18.3 Å². The number of hydrogen-bond acceptors (Lipinski definition) is 4. The molecule has 1 saturated heterocycles. The van der Waals surface area contributed by atoms with Crippen molar-refractivity contribution < 1.29 is 14.3 Å². The fraction of sp³-hybridized carbons (Fsp3) is 0.600. The predicted molar refractivity (Wildman–Crippen MR) is 75.7 cm³/mol. The highest BCUT2D eigenvalue weighted by atomic mass is 16.5. The van der Waals surface area contributed by atoms with Crippen LogP contribution in [-0.2, 0) is 9.47 Å². The van der Waals surface area contributed by atoms with Crippen molar-refractivity contribution in [3.63, 3.8) is 0 Å². The maximum atomic E-state index is 12.6. The van der Waals surface area contributed by atoms with E-state index in [0.29, 0.717) is 25.3 Å². The van der Waals surface area contributed by atoms with Gasteiger partial charge in [0.15, 0.2) is 0 Å². The molecule has 5 heteroatoms. The van der Waals surface area contributed by atoms with Crippen molar-refractivity contribution in [1.82, 2.24) is 9.88 Å². The van der Waals surface area contributed by atoms with Crippen LogP contribution in [0, 0.1) is 6.92 Å².